The van der Waals surface area contributed by atoms with E-state index in [0.29, 0.717) is 5.56 Å². The number of nitrogens with one attached hydrogen (secondary N) is 1. The number of hydrogen-bond donors (Lipinski definition) is 1. The Morgan fingerprint density at radius 1 is 1.43 bits per heavy atom. The quantitative estimate of drug-likeness (QED) is 0.482. The minimum absolute atomic E-state index is 0.0595. The van der Waals surface area contributed by atoms with E-state index in [1.807, 2.05) is 0 Å². The summed E-state index contributed by atoms with van der Waals surface area (Å²) in [7, 11) is -3.79. The molecule has 1 aromatic rings. The molecule has 1 N–H and O–H groups in total. The van der Waals surface area contributed by atoms with Gasteiger partial charge < -0.3 is 10.1 Å². The molecule has 114 valence electrons. The molecule has 0 radical (unpaired) electrons. The van der Waals surface area contributed by atoms with Gasteiger partial charge in [-0.2, -0.15) is 8.42 Å². The summed E-state index contributed by atoms with van der Waals surface area (Å²) >= 11 is 0. The van der Waals surface area contributed by atoms with Crippen molar-refractivity contribution in [2.24, 2.45) is 0 Å². The second-order valence-electron chi connectivity index (χ2n) is 4.42. The third-order valence-electron chi connectivity index (χ3n) is 2.77. The molecular weight excluding hydrogens is 304 g/mol. The first kappa shape index (κ1) is 15.2. The largest absolute Gasteiger partial charge is 0.447 e. The van der Waals surface area contributed by atoms with Gasteiger partial charge in [0.15, 0.2) is 0 Å². The summed E-state index contributed by atoms with van der Waals surface area (Å²) < 4.78 is 32.4. The van der Waals surface area contributed by atoms with Crippen LogP contribution in [0.2, 0.25) is 0 Å². The van der Waals surface area contributed by atoms with Crippen LogP contribution < -0.4 is 5.32 Å². The van der Waals surface area contributed by atoms with Gasteiger partial charge in [0.25, 0.3) is 15.8 Å². The number of cyclic esters (lactones) is 1. The molecule has 1 saturated heterocycles. The molecule has 0 saturated carbocycles. The van der Waals surface area contributed by atoms with Crippen molar-refractivity contribution in [3.63, 3.8) is 0 Å². The van der Waals surface area contributed by atoms with E-state index in [-0.39, 0.29) is 12.3 Å². The molecular formula is C11H12N2O7S. The van der Waals surface area contributed by atoms with Crippen LogP contribution in [0.5, 0.6) is 0 Å². The molecule has 0 aliphatic carbocycles. The van der Waals surface area contributed by atoms with Crippen LogP contribution in [-0.2, 0) is 19.0 Å². The molecule has 10 heteroatoms. The Bertz CT molecular complexity index is 656. The number of nitro benzene ring substituents is 1. The lowest BCUT2D eigenvalue weighted by Gasteiger charge is -2.21. The fourth-order valence-electron chi connectivity index (χ4n) is 1.89. The van der Waals surface area contributed by atoms with E-state index in [1.54, 1.807) is 0 Å². The number of amides is 1. The van der Waals surface area contributed by atoms with Crippen molar-refractivity contribution >= 4 is 21.9 Å². The van der Waals surface area contributed by atoms with Crippen molar-refractivity contribution in [1.82, 2.24) is 5.32 Å². The molecule has 0 spiro atoms. The minimum Gasteiger partial charge on any atom is -0.447 e. The molecule has 1 aliphatic rings. The van der Waals surface area contributed by atoms with E-state index in [2.05, 4.69) is 5.32 Å². The van der Waals surface area contributed by atoms with Crippen LogP contribution in [0.25, 0.3) is 0 Å². The Balaban J connectivity index is 2.30. The number of ether oxygens (including phenoxy) is 1. The first-order chi connectivity index (χ1) is 9.76. The van der Waals surface area contributed by atoms with Gasteiger partial charge in [-0.05, 0) is 17.7 Å². The molecule has 0 aromatic heterocycles. The fourth-order valence-corrected chi connectivity index (χ4v) is 2.51. The fraction of sp³-hybridized carbons (Fsp3) is 0.364. The number of hydrogen-bond acceptors (Lipinski definition) is 7. The molecule has 2 rings (SSSR count). The zero-order chi connectivity index (χ0) is 15.6. The van der Waals surface area contributed by atoms with Gasteiger partial charge in [0.05, 0.1) is 17.2 Å². The predicted octanol–water partition coefficient (Wildman–Crippen LogP) is 0.720. The second-order valence-corrected chi connectivity index (χ2v) is 6.02. The highest BCUT2D eigenvalue weighted by Crippen LogP contribution is 2.27. The zero-order valence-electron chi connectivity index (χ0n) is 10.9. The monoisotopic (exact) mass is 316 g/mol. The lowest BCUT2D eigenvalue weighted by Crippen LogP contribution is -2.35. The second kappa shape index (κ2) is 5.66. The van der Waals surface area contributed by atoms with E-state index < -0.39 is 33.3 Å². The summed E-state index contributed by atoms with van der Waals surface area (Å²) in [6.07, 6.45) is -0.820. The van der Waals surface area contributed by atoms with E-state index in [1.165, 1.54) is 24.3 Å². The van der Waals surface area contributed by atoms with Crippen molar-refractivity contribution in [3.8, 4) is 0 Å². The molecule has 0 bridgehead atoms. The van der Waals surface area contributed by atoms with Crippen molar-refractivity contribution in [3.05, 3.63) is 39.9 Å². The van der Waals surface area contributed by atoms with Crippen LogP contribution in [0.1, 0.15) is 11.7 Å². The highest BCUT2D eigenvalue weighted by molar-refractivity contribution is 7.86. The molecule has 21 heavy (non-hydrogen) atoms. The number of carbonyl (C=O) groups is 1. The Morgan fingerprint density at radius 2 is 2.05 bits per heavy atom. The van der Waals surface area contributed by atoms with Gasteiger partial charge in [0.1, 0.15) is 12.7 Å². The molecule has 0 unspecified atom stereocenters. The van der Waals surface area contributed by atoms with Crippen LogP contribution in [-0.4, -0.2) is 38.3 Å². The van der Waals surface area contributed by atoms with Gasteiger partial charge in [0.2, 0.25) is 0 Å². The Morgan fingerprint density at radius 3 is 2.48 bits per heavy atom. The van der Waals surface area contributed by atoms with E-state index in [4.69, 9.17) is 8.92 Å². The maximum atomic E-state index is 11.3. The van der Waals surface area contributed by atoms with Crippen LogP contribution in [0.15, 0.2) is 24.3 Å². The lowest BCUT2D eigenvalue weighted by atomic mass is 10.0. The van der Waals surface area contributed by atoms with Gasteiger partial charge in [-0.25, -0.2) is 4.79 Å². The van der Waals surface area contributed by atoms with Crippen LogP contribution >= 0.6 is 0 Å². The molecule has 1 aromatic carbocycles. The highest BCUT2D eigenvalue weighted by atomic mass is 32.2. The molecule has 1 amide bonds. The smallest absolute Gasteiger partial charge is 0.407 e. The number of nitrogens with zero attached hydrogens (tertiary/aromatic N) is 1. The van der Waals surface area contributed by atoms with Gasteiger partial charge in [-0.15, -0.1) is 0 Å². The van der Waals surface area contributed by atoms with Crippen molar-refractivity contribution in [2.45, 2.75) is 12.1 Å². The van der Waals surface area contributed by atoms with Crippen LogP contribution in [0.4, 0.5) is 10.5 Å². The summed E-state index contributed by atoms with van der Waals surface area (Å²) in [4.78, 5) is 21.1. The summed E-state index contributed by atoms with van der Waals surface area (Å²) in [6.45, 7) is -0.0595. The minimum atomic E-state index is -3.79. The average molecular weight is 316 g/mol. The SMILES string of the molecule is CS(=O)(=O)O[C@H](c1ccc([N+](=O)[O-])cc1)[C@@H]1COC(=O)N1. The molecule has 1 fully saturated rings. The third kappa shape index (κ3) is 3.89. The number of benzene rings is 1. The maximum Gasteiger partial charge on any atom is 0.407 e. The molecule has 1 heterocycles. The first-order valence-electron chi connectivity index (χ1n) is 5.82. The number of alkyl carbamates (subject to hydrolysis) is 1. The number of non-ortho nitro benzene ring substituents is 1. The third-order valence-corrected chi connectivity index (χ3v) is 3.33. The Hall–Kier alpha value is -2.20. The Kier molecular flexibility index (Phi) is 4.09. The van der Waals surface area contributed by atoms with Gasteiger partial charge in [-0.1, -0.05) is 0 Å². The van der Waals surface area contributed by atoms with Gasteiger partial charge in [-0.3, -0.25) is 14.3 Å². The zero-order valence-corrected chi connectivity index (χ0v) is 11.7. The number of carbonyl (C=O) groups excluding carboxylic acids is 1. The standard InChI is InChI=1S/C11H12N2O7S/c1-21(17,18)20-10(9-6-19-11(14)12-9)7-2-4-8(5-3-7)13(15)16/h2-5,9-10H,6H2,1H3,(H,12,14)/t9-,10+/m0/s1. The maximum absolute atomic E-state index is 11.3. The molecule has 1 aliphatic heterocycles. The highest BCUT2D eigenvalue weighted by Gasteiger charge is 2.34. The first-order valence-corrected chi connectivity index (χ1v) is 7.64. The van der Waals surface area contributed by atoms with E-state index >= 15 is 0 Å². The lowest BCUT2D eigenvalue weighted by molar-refractivity contribution is -0.384. The van der Waals surface area contributed by atoms with Gasteiger partial charge >= 0.3 is 6.09 Å². The van der Waals surface area contributed by atoms with Crippen molar-refractivity contribution < 1.29 is 27.1 Å². The van der Waals surface area contributed by atoms with E-state index in [0.717, 1.165) is 6.26 Å². The topological polar surface area (TPSA) is 125 Å². The van der Waals surface area contributed by atoms with Crippen LogP contribution in [0.3, 0.4) is 0 Å². The average Bonchev–Trinajstić information content (AvgIpc) is 2.81. The van der Waals surface area contributed by atoms with Gasteiger partial charge in [0, 0.05) is 12.1 Å². The summed E-state index contributed by atoms with van der Waals surface area (Å²) in [5, 5.41) is 13.0. The Labute approximate surface area is 120 Å². The van der Waals surface area contributed by atoms with Crippen LogP contribution in [0, 0.1) is 10.1 Å². The molecule has 9 nitrogen and oxygen atoms in total. The number of nitro groups is 1. The molecule has 2 atom stereocenters. The predicted molar refractivity (Wildman–Crippen MR) is 70.0 cm³/mol. The van der Waals surface area contributed by atoms with E-state index in [9.17, 15) is 23.3 Å². The summed E-state index contributed by atoms with van der Waals surface area (Å²) in [5.74, 6) is 0. The summed E-state index contributed by atoms with van der Waals surface area (Å²) in [5.41, 5.74) is 0.241. The number of rotatable bonds is 5. The normalized spacial score (nSPS) is 19.7. The van der Waals surface area contributed by atoms with Crippen molar-refractivity contribution in [1.29, 1.82) is 0 Å². The summed E-state index contributed by atoms with van der Waals surface area (Å²) in [6, 6.07) is 4.50. The van der Waals surface area contributed by atoms with Crippen molar-refractivity contribution in [2.75, 3.05) is 12.9 Å².